The van der Waals surface area contributed by atoms with Gasteiger partial charge in [-0.25, -0.2) is 12.7 Å². The number of aliphatic hydroxyl groups excluding tert-OH is 1. The van der Waals surface area contributed by atoms with Gasteiger partial charge in [0.15, 0.2) is 0 Å². The Hall–Kier alpha value is -0.530. The summed E-state index contributed by atoms with van der Waals surface area (Å²) in [6.45, 7) is 0.436. The van der Waals surface area contributed by atoms with E-state index in [1.54, 1.807) is 0 Å². The third kappa shape index (κ3) is 4.23. The van der Waals surface area contributed by atoms with E-state index in [1.165, 1.54) is 23.5 Å². The first-order chi connectivity index (χ1) is 9.30. The maximum Gasteiger partial charge on any atom is 0.245 e. The van der Waals surface area contributed by atoms with Crippen molar-refractivity contribution in [3.8, 4) is 0 Å². The van der Waals surface area contributed by atoms with Crippen LogP contribution in [0.3, 0.4) is 0 Å². The van der Waals surface area contributed by atoms with Gasteiger partial charge in [0.2, 0.25) is 10.0 Å². The topological polar surface area (TPSA) is 83.6 Å². The van der Waals surface area contributed by atoms with Crippen LogP contribution < -0.4 is 5.73 Å². The van der Waals surface area contributed by atoms with Crippen LogP contribution in [-0.2, 0) is 10.0 Å². The third-order valence-corrected chi connectivity index (χ3v) is 5.60. The lowest BCUT2D eigenvalue weighted by Crippen LogP contribution is -2.28. The van der Waals surface area contributed by atoms with Gasteiger partial charge in [0.1, 0.15) is 4.90 Å². The highest BCUT2D eigenvalue weighted by atomic mass is 35.5. The highest BCUT2D eigenvalue weighted by molar-refractivity contribution is 7.89. The molecule has 0 saturated carbocycles. The molecule has 1 rings (SSSR count). The molecule has 1 aromatic rings. The first-order valence-corrected chi connectivity index (χ1v) is 8.32. The number of benzene rings is 1. The van der Waals surface area contributed by atoms with Crippen LogP contribution in [0.25, 0.3) is 0 Å². The summed E-state index contributed by atoms with van der Waals surface area (Å²) in [5, 5.41) is 8.71. The molecule has 0 aliphatic carbocycles. The van der Waals surface area contributed by atoms with Crippen molar-refractivity contribution in [2.24, 2.45) is 0 Å². The number of nitrogens with zero attached hydrogens (tertiary/aromatic N) is 1. The van der Waals surface area contributed by atoms with Gasteiger partial charge in [-0.05, 0) is 31.4 Å². The quantitative estimate of drug-likeness (QED) is 0.589. The molecule has 0 amide bonds. The van der Waals surface area contributed by atoms with E-state index >= 15 is 0 Å². The van der Waals surface area contributed by atoms with Crippen LogP contribution >= 0.6 is 23.2 Å². The molecule has 5 nitrogen and oxygen atoms in total. The molecule has 0 aliphatic heterocycles. The van der Waals surface area contributed by atoms with Crippen LogP contribution in [0.1, 0.15) is 19.3 Å². The van der Waals surface area contributed by atoms with Crippen LogP contribution in [0.4, 0.5) is 5.69 Å². The number of sulfonamides is 1. The van der Waals surface area contributed by atoms with E-state index in [0.29, 0.717) is 25.1 Å². The Bertz CT molecular complexity index is 541. The van der Waals surface area contributed by atoms with Gasteiger partial charge in [0.25, 0.3) is 0 Å². The molecule has 0 bridgehead atoms. The largest absolute Gasteiger partial charge is 0.399 e. The number of unbranched alkanes of at least 4 members (excludes halogenated alkanes) is 2. The van der Waals surface area contributed by atoms with E-state index in [4.69, 9.17) is 34.0 Å². The Kier molecular flexibility index (Phi) is 6.54. The third-order valence-electron chi connectivity index (χ3n) is 2.82. The SMILES string of the molecule is CN(CCCCCO)S(=O)(=O)c1c(Cl)cc(N)cc1Cl. The standard InChI is InChI=1S/C12H18Cl2N2O3S/c1-16(5-3-2-4-6-17)20(18,19)12-10(13)7-9(15)8-11(12)14/h7-8,17H,2-6,15H2,1H3. The molecule has 114 valence electrons. The van der Waals surface area contributed by atoms with E-state index in [2.05, 4.69) is 0 Å². The number of nitrogens with two attached hydrogens (primary N) is 1. The van der Waals surface area contributed by atoms with Crippen molar-refractivity contribution in [1.29, 1.82) is 0 Å². The predicted molar refractivity (Wildman–Crippen MR) is 81.6 cm³/mol. The van der Waals surface area contributed by atoms with E-state index in [9.17, 15) is 8.42 Å². The molecular weight excluding hydrogens is 323 g/mol. The Morgan fingerprint density at radius 1 is 1.20 bits per heavy atom. The Morgan fingerprint density at radius 2 is 1.75 bits per heavy atom. The van der Waals surface area contributed by atoms with Crippen molar-refractivity contribution < 1.29 is 13.5 Å². The molecule has 0 spiro atoms. The fourth-order valence-corrected chi connectivity index (χ4v) is 4.11. The Morgan fingerprint density at radius 3 is 2.25 bits per heavy atom. The van der Waals surface area contributed by atoms with Gasteiger partial charge in [0, 0.05) is 25.9 Å². The van der Waals surface area contributed by atoms with Gasteiger partial charge in [-0.1, -0.05) is 23.2 Å². The number of nitrogen functional groups attached to an aromatic ring is 1. The van der Waals surface area contributed by atoms with Crippen molar-refractivity contribution in [2.45, 2.75) is 24.2 Å². The van der Waals surface area contributed by atoms with Gasteiger partial charge >= 0.3 is 0 Å². The van der Waals surface area contributed by atoms with Crippen LogP contribution in [-0.4, -0.2) is 38.0 Å². The number of rotatable bonds is 7. The van der Waals surface area contributed by atoms with Crippen molar-refractivity contribution in [3.05, 3.63) is 22.2 Å². The fraction of sp³-hybridized carbons (Fsp3) is 0.500. The molecular formula is C12H18Cl2N2O3S. The summed E-state index contributed by atoms with van der Waals surface area (Å²) in [6.07, 6.45) is 2.05. The first kappa shape index (κ1) is 17.5. The average Bonchev–Trinajstić information content (AvgIpc) is 2.32. The number of anilines is 1. The van der Waals surface area contributed by atoms with Crippen molar-refractivity contribution in [1.82, 2.24) is 4.31 Å². The second-order valence-corrected chi connectivity index (χ2v) is 7.22. The Labute approximate surface area is 129 Å². The highest BCUT2D eigenvalue weighted by Crippen LogP contribution is 2.33. The molecule has 0 fully saturated rings. The van der Waals surface area contributed by atoms with Crippen LogP contribution in [0.15, 0.2) is 17.0 Å². The van der Waals surface area contributed by atoms with Gasteiger partial charge < -0.3 is 10.8 Å². The maximum absolute atomic E-state index is 12.4. The number of halogens is 2. The predicted octanol–water partition coefficient (Wildman–Crippen LogP) is 2.36. The molecule has 0 aromatic heterocycles. The minimum atomic E-state index is -3.75. The molecule has 3 N–H and O–H groups in total. The summed E-state index contributed by atoms with van der Waals surface area (Å²) in [5.41, 5.74) is 5.87. The summed E-state index contributed by atoms with van der Waals surface area (Å²) in [4.78, 5) is -0.125. The summed E-state index contributed by atoms with van der Waals surface area (Å²) in [7, 11) is -2.28. The van der Waals surface area contributed by atoms with E-state index in [1.807, 2.05) is 0 Å². The zero-order chi connectivity index (χ0) is 15.3. The lowest BCUT2D eigenvalue weighted by atomic mass is 10.2. The smallest absolute Gasteiger partial charge is 0.245 e. The normalized spacial score (nSPS) is 12.1. The van der Waals surface area contributed by atoms with Crippen LogP contribution in [0.5, 0.6) is 0 Å². The van der Waals surface area contributed by atoms with Crippen molar-refractivity contribution in [2.75, 3.05) is 25.9 Å². The number of aliphatic hydroxyl groups is 1. The zero-order valence-electron chi connectivity index (χ0n) is 11.1. The summed E-state index contributed by atoms with van der Waals surface area (Å²) in [5.74, 6) is 0. The first-order valence-electron chi connectivity index (χ1n) is 6.12. The lowest BCUT2D eigenvalue weighted by Gasteiger charge is -2.19. The molecule has 0 aliphatic rings. The van der Waals surface area contributed by atoms with E-state index in [-0.39, 0.29) is 21.5 Å². The van der Waals surface area contributed by atoms with Crippen LogP contribution in [0.2, 0.25) is 10.0 Å². The number of hydrogen-bond acceptors (Lipinski definition) is 4. The van der Waals surface area contributed by atoms with Gasteiger partial charge in [-0.15, -0.1) is 0 Å². The van der Waals surface area contributed by atoms with E-state index < -0.39 is 10.0 Å². The average molecular weight is 341 g/mol. The van der Waals surface area contributed by atoms with E-state index in [0.717, 1.165) is 6.42 Å². The van der Waals surface area contributed by atoms with Gasteiger partial charge in [-0.2, -0.15) is 0 Å². The molecule has 0 heterocycles. The molecule has 1 aromatic carbocycles. The molecule has 0 saturated heterocycles. The Balaban J connectivity index is 2.93. The second kappa shape index (κ2) is 7.47. The summed E-state index contributed by atoms with van der Waals surface area (Å²) < 4.78 is 26.0. The second-order valence-electron chi connectivity index (χ2n) is 4.42. The highest BCUT2D eigenvalue weighted by Gasteiger charge is 2.26. The monoisotopic (exact) mass is 340 g/mol. The minimum absolute atomic E-state index is 0.0113. The van der Waals surface area contributed by atoms with Gasteiger partial charge in [-0.3, -0.25) is 0 Å². The van der Waals surface area contributed by atoms with Crippen molar-refractivity contribution >= 4 is 38.9 Å². The molecule has 0 radical (unpaired) electrons. The van der Waals surface area contributed by atoms with Crippen molar-refractivity contribution in [3.63, 3.8) is 0 Å². The lowest BCUT2D eigenvalue weighted by molar-refractivity contribution is 0.281. The summed E-state index contributed by atoms with van der Waals surface area (Å²) in [6, 6.07) is 2.72. The number of hydrogen-bond donors (Lipinski definition) is 2. The fourth-order valence-electron chi connectivity index (χ4n) is 1.72. The summed E-state index contributed by atoms with van der Waals surface area (Å²) >= 11 is 11.9. The van der Waals surface area contributed by atoms with Gasteiger partial charge in [0.05, 0.1) is 10.0 Å². The minimum Gasteiger partial charge on any atom is -0.399 e. The molecule has 8 heteroatoms. The molecule has 0 unspecified atom stereocenters. The maximum atomic E-state index is 12.4. The zero-order valence-corrected chi connectivity index (χ0v) is 13.5. The molecule has 20 heavy (non-hydrogen) atoms. The van der Waals surface area contributed by atoms with Crippen LogP contribution in [0, 0.1) is 0 Å². The molecule has 0 atom stereocenters.